The minimum atomic E-state index is -3.25. The summed E-state index contributed by atoms with van der Waals surface area (Å²) in [6, 6.07) is 8.26. The number of rotatable bonds is 3. The lowest BCUT2D eigenvalue weighted by atomic mass is 10.3. The van der Waals surface area contributed by atoms with E-state index in [0.717, 1.165) is 5.76 Å². The summed E-state index contributed by atoms with van der Waals surface area (Å²) in [5, 5.41) is 0. The van der Waals surface area contributed by atoms with Gasteiger partial charge in [-0.25, -0.2) is 13.4 Å². The molecule has 0 N–H and O–H groups in total. The van der Waals surface area contributed by atoms with E-state index >= 15 is 0 Å². The van der Waals surface area contributed by atoms with Gasteiger partial charge in [-0.3, -0.25) is 0 Å². The van der Waals surface area contributed by atoms with Gasteiger partial charge in [-0.1, -0.05) is 6.92 Å². The molecule has 2 heterocycles. The predicted molar refractivity (Wildman–Crippen MR) is 74.2 cm³/mol. The zero-order valence-corrected chi connectivity index (χ0v) is 11.9. The quantitative estimate of drug-likeness (QED) is 0.741. The summed E-state index contributed by atoms with van der Waals surface area (Å²) in [6.07, 6.45) is 0. The molecule has 0 saturated heterocycles. The summed E-state index contributed by atoms with van der Waals surface area (Å²) in [4.78, 5) is 4.53. The molecule has 0 saturated carbocycles. The van der Waals surface area contributed by atoms with Crippen molar-refractivity contribution in [3.05, 3.63) is 36.1 Å². The van der Waals surface area contributed by atoms with E-state index in [2.05, 4.69) is 4.98 Å². The summed E-state index contributed by atoms with van der Waals surface area (Å²) in [5.41, 5.74) is 1.03. The molecule has 0 unspecified atom stereocenters. The van der Waals surface area contributed by atoms with Crippen molar-refractivity contribution >= 4 is 20.9 Å². The maximum atomic E-state index is 11.8. The summed E-state index contributed by atoms with van der Waals surface area (Å²) < 4.78 is 34.7. The molecule has 0 amide bonds. The van der Waals surface area contributed by atoms with E-state index < -0.39 is 9.84 Å². The molecule has 0 atom stereocenters. The average Bonchev–Trinajstić information content (AvgIpc) is 3.03. The van der Waals surface area contributed by atoms with Crippen molar-refractivity contribution in [1.29, 1.82) is 0 Å². The Morgan fingerprint density at radius 2 is 1.95 bits per heavy atom. The van der Waals surface area contributed by atoms with Gasteiger partial charge in [-0.15, -0.1) is 0 Å². The molecule has 5 nitrogen and oxygen atoms in total. The molecule has 20 heavy (non-hydrogen) atoms. The van der Waals surface area contributed by atoms with Gasteiger partial charge in [0.15, 0.2) is 21.2 Å². The first-order valence-corrected chi connectivity index (χ1v) is 7.85. The van der Waals surface area contributed by atoms with Crippen molar-refractivity contribution < 1.29 is 17.3 Å². The highest BCUT2D eigenvalue weighted by molar-refractivity contribution is 7.91. The van der Waals surface area contributed by atoms with Crippen LogP contribution in [0.2, 0.25) is 0 Å². The summed E-state index contributed by atoms with van der Waals surface area (Å²) in [7, 11) is -3.25. The number of furan rings is 1. The zero-order chi connectivity index (χ0) is 14.3. The number of hydrogen-bond donors (Lipinski definition) is 0. The Kier molecular flexibility index (Phi) is 2.90. The molecule has 0 spiro atoms. The maximum Gasteiger partial charge on any atom is 0.263 e. The Balaban J connectivity index is 2.13. The second-order valence-corrected chi connectivity index (χ2v) is 6.74. The fourth-order valence-corrected chi connectivity index (χ4v) is 2.82. The fourth-order valence-electron chi connectivity index (χ4n) is 1.92. The fraction of sp³-hybridized carbons (Fsp3) is 0.214. The number of sulfone groups is 1. The number of aryl methyl sites for hydroxylation is 1. The first kappa shape index (κ1) is 12.9. The molecule has 0 bridgehead atoms. The van der Waals surface area contributed by atoms with Gasteiger partial charge < -0.3 is 8.83 Å². The highest BCUT2D eigenvalue weighted by atomic mass is 32.2. The lowest BCUT2D eigenvalue weighted by Crippen LogP contribution is -2.03. The van der Waals surface area contributed by atoms with Gasteiger partial charge in [0.05, 0.1) is 10.6 Å². The Labute approximate surface area is 116 Å². The minimum absolute atomic E-state index is 0.0561. The van der Waals surface area contributed by atoms with Crippen LogP contribution >= 0.6 is 0 Å². The third-order valence-corrected chi connectivity index (χ3v) is 4.78. The van der Waals surface area contributed by atoms with Crippen LogP contribution in [0, 0.1) is 6.92 Å². The van der Waals surface area contributed by atoms with Crippen LogP contribution in [-0.2, 0) is 9.84 Å². The maximum absolute atomic E-state index is 11.8. The molecular formula is C14H13NO4S. The molecule has 0 radical (unpaired) electrons. The van der Waals surface area contributed by atoms with Gasteiger partial charge in [0, 0.05) is 0 Å². The Hall–Kier alpha value is -2.08. The molecule has 104 valence electrons. The predicted octanol–water partition coefficient (Wildman–Crippen LogP) is 3.19. The number of fused-ring (bicyclic) bond motifs is 1. The van der Waals surface area contributed by atoms with Crippen LogP contribution in [0.5, 0.6) is 0 Å². The first-order chi connectivity index (χ1) is 9.49. The highest BCUT2D eigenvalue weighted by Crippen LogP contribution is 2.27. The van der Waals surface area contributed by atoms with E-state index in [9.17, 15) is 8.42 Å². The minimum Gasteiger partial charge on any atom is -0.456 e. The third kappa shape index (κ3) is 2.12. The van der Waals surface area contributed by atoms with Crippen LogP contribution in [0.1, 0.15) is 12.7 Å². The van der Waals surface area contributed by atoms with Crippen LogP contribution in [0.4, 0.5) is 0 Å². The molecule has 6 heteroatoms. The molecular weight excluding hydrogens is 278 g/mol. The van der Waals surface area contributed by atoms with Gasteiger partial charge >= 0.3 is 0 Å². The smallest absolute Gasteiger partial charge is 0.263 e. The van der Waals surface area contributed by atoms with E-state index in [1.807, 2.05) is 13.0 Å². The van der Waals surface area contributed by atoms with Crippen molar-refractivity contribution in [3.63, 3.8) is 0 Å². The van der Waals surface area contributed by atoms with Crippen LogP contribution in [0.3, 0.4) is 0 Å². The van der Waals surface area contributed by atoms with Crippen LogP contribution in [0.25, 0.3) is 22.8 Å². The number of nitrogens with zero attached hydrogens (tertiary/aromatic N) is 1. The molecule has 3 rings (SSSR count). The first-order valence-electron chi connectivity index (χ1n) is 6.20. The Morgan fingerprint density at radius 3 is 2.60 bits per heavy atom. The molecule has 2 aromatic heterocycles. The van der Waals surface area contributed by atoms with Gasteiger partial charge in [0.25, 0.3) is 5.89 Å². The van der Waals surface area contributed by atoms with Gasteiger partial charge in [-0.05, 0) is 37.3 Å². The standard InChI is InChI=1S/C14H13NO4S/c1-3-20(16,17)10-5-7-12-11(8-10)15-14(19-12)13-6-4-9(2)18-13/h4-8H,3H2,1-2H3. The average molecular weight is 291 g/mol. The van der Waals surface area contributed by atoms with Crippen LogP contribution in [-0.4, -0.2) is 19.2 Å². The molecule has 0 fully saturated rings. The molecule has 3 aromatic rings. The number of aromatic nitrogens is 1. The third-order valence-electron chi connectivity index (χ3n) is 3.05. The molecule has 0 aliphatic heterocycles. The second kappa shape index (κ2) is 4.49. The molecule has 0 aliphatic rings. The van der Waals surface area contributed by atoms with Crippen LogP contribution in [0.15, 0.2) is 44.1 Å². The van der Waals surface area contributed by atoms with Gasteiger partial charge in [0.1, 0.15) is 11.3 Å². The van der Waals surface area contributed by atoms with E-state index in [0.29, 0.717) is 22.8 Å². The summed E-state index contributed by atoms with van der Waals surface area (Å²) in [5.74, 6) is 1.69. The van der Waals surface area contributed by atoms with Crippen LogP contribution < -0.4 is 0 Å². The largest absolute Gasteiger partial charge is 0.456 e. The second-order valence-electron chi connectivity index (χ2n) is 4.46. The lowest BCUT2D eigenvalue weighted by Gasteiger charge is -1.99. The van der Waals surface area contributed by atoms with E-state index in [1.54, 1.807) is 19.1 Å². The van der Waals surface area contributed by atoms with Crippen molar-refractivity contribution in [3.8, 4) is 11.7 Å². The van der Waals surface area contributed by atoms with Crippen molar-refractivity contribution in [2.75, 3.05) is 5.75 Å². The Morgan fingerprint density at radius 1 is 1.15 bits per heavy atom. The van der Waals surface area contributed by atoms with Crippen molar-refractivity contribution in [2.45, 2.75) is 18.7 Å². The van der Waals surface area contributed by atoms with Crippen molar-refractivity contribution in [1.82, 2.24) is 4.98 Å². The monoisotopic (exact) mass is 291 g/mol. The van der Waals surface area contributed by atoms with E-state index in [4.69, 9.17) is 8.83 Å². The lowest BCUT2D eigenvalue weighted by molar-refractivity contribution is 0.513. The highest BCUT2D eigenvalue weighted by Gasteiger charge is 2.16. The summed E-state index contributed by atoms with van der Waals surface area (Å²) >= 11 is 0. The zero-order valence-electron chi connectivity index (χ0n) is 11.1. The van der Waals surface area contributed by atoms with E-state index in [-0.39, 0.29) is 10.6 Å². The molecule has 0 aliphatic carbocycles. The normalized spacial score (nSPS) is 12.1. The van der Waals surface area contributed by atoms with Crippen molar-refractivity contribution in [2.24, 2.45) is 0 Å². The molecule has 1 aromatic carbocycles. The SMILES string of the molecule is CCS(=O)(=O)c1ccc2oc(-c3ccc(C)o3)nc2c1. The topological polar surface area (TPSA) is 73.3 Å². The number of hydrogen-bond acceptors (Lipinski definition) is 5. The number of benzene rings is 1. The summed E-state index contributed by atoms with van der Waals surface area (Å²) in [6.45, 7) is 3.44. The Bertz CT molecular complexity index is 874. The van der Waals surface area contributed by atoms with E-state index in [1.165, 1.54) is 12.1 Å². The number of oxazole rings is 1. The van der Waals surface area contributed by atoms with Gasteiger partial charge in [-0.2, -0.15) is 0 Å². The van der Waals surface area contributed by atoms with Gasteiger partial charge in [0.2, 0.25) is 0 Å².